The lowest BCUT2D eigenvalue weighted by molar-refractivity contribution is -0.130. The van der Waals surface area contributed by atoms with Gasteiger partial charge in [-0.05, 0) is 39.2 Å². The molecule has 1 N–H and O–H groups in total. The van der Waals surface area contributed by atoms with Gasteiger partial charge in [0.25, 0.3) is 0 Å². The summed E-state index contributed by atoms with van der Waals surface area (Å²) in [5, 5.41) is 3.80. The van der Waals surface area contributed by atoms with Gasteiger partial charge in [0.05, 0.1) is 6.10 Å². The highest BCUT2D eigenvalue weighted by molar-refractivity contribution is 5.09. The zero-order valence-electron chi connectivity index (χ0n) is 11.6. The van der Waals surface area contributed by atoms with E-state index in [2.05, 4.69) is 19.2 Å². The van der Waals surface area contributed by atoms with Gasteiger partial charge in [-0.2, -0.15) is 0 Å². The maximum Gasteiger partial charge on any atom is 0.0661 e. The van der Waals surface area contributed by atoms with Crippen molar-refractivity contribution in [3.8, 4) is 0 Å². The number of hydrogen-bond donors (Lipinski definition) is 1. The van der Waals surface area contributed by atoms with Crippen LogP contribution in [-0.2, 0) is 4.74 Å². The Hall–Kier alpha value is -0.0800. The van der Waals surface area contributed by atoms with Crippen LogP contribution < -0.4 is 5.32 Å². The molecule has 0 aliphatic heterocycles. The first-order valence-corrected chi connectivity index (χ1v) is 7.68. The number of rotatable bonds is 7. The molecule has 2 atom stereocenters. The Morgan fingerprint density at radius 3 is 2.59 bits per heavy atom. The van der Waals surface area contributed by atoms with Gasteiger partial charge in [0.15, 0.2) is 0 Å². The van der Waals surface area contributed by atoms with Crippen molar-refractivity contribution < 1.29 is 4.74 Å². The highest BCUT2D eigenvalue weighted by atomic mass is 16.5. The largest absolute Gasteiger partial charge is 0.378 e. The molecule has 0 amide bonds. The Morgan fingerprint density at radius 2 is 1.94 bits per heavy atom. The van der Waals surface area contributed by atoms with Gasteiger partial charge in [0.1, 0.15) is 0 Å². The molecule has 100 valence electrons. The lowest BCUT2D eigenvalue weighted by Gasteiger charge is -2.54. The second-order valence-corrected chi connectivity index (χ2v) is 5.83. The lowest BCUT2D eigenvalue weighted by Crippen LogP contribution is -2.62. The van der Waals surface area contributed by atoms with Crippen LogP contribution in [0, 0.1) is 5.41 Å². The lowest BCUT2D eigenvalue weighted by atomic mass is 9.60. The molecule has 0 bridgehead atoms. The summed E-state index contributed by atoms with van der Waals surface area (Å²) < 4.78 is 5.93. The van der Waals surface area contributed by atoms with Crippen molar-refractivity contribution in [1.29, 1.82) is 0 Å². The predicted molar refractivity (Wildman–Crippen MR) is 72.2 cm³/mol. The summed E-state index contributed by atoms with van der Waals surface area (Å²) >= 11 is 0. The molecule has 2 fully saturated rings. The first kappa shape index (κ1) is 13.4. The minimum Gasteiger partial charge on any atom is -0.378 e. The fourth-order valence-corrected chi connectivity index (χ4v) is 3.82. The van der Waals surface area contributed by atoms with Crippen LogP contribution in [0.4, 0.5) is 0 Å². The Balaban J connectivity index is 1.79. The minimum absolute atomic E-state index is 0.516. The monoisotopic (exact) mass is 239 g/mol. The molecule has 2 aliphatic carbocycles. The van der Waals surface area contributed by atoms with Crippen molar-refractivity contribution in [2.45, 2.75) is 77.4 Å². The third-order valence-electron chi connectivity index (χ3n) is 4.86. The number of hydrogen-bond acceptors (Lipinski definition) is 2. The van der Waals surface area contributed by atoms with E-state index >= 15 is 0 Å². The summed E-state index contributed by atoms with van der Waals surface area (Å²) in [6.07, 6.45) is 11.4. The van der Waals surface area contributed by atoms with Crippen LogP contribution in [0.15, 0.2) is 0 Å². The standard InChI is InChI=1S/C15H29NO/c1-3-5-8-11-16-13-12-14(17-4-2)15(13)9-6-7-10-15/h13-14,16H,3-12H2,1-2H3. The van der Waals surface area contributed by atoms with E-state index in [0.717, 1.165) is 12.6 Å². The molecule has 17 heavy (non-hydrogen) atoms. The molecule has 0 aromatic heterocycles. The third-order valence-corrected chi connectivity index (χ3v) is 4.86. The van der Waals surface area contributed by atoms with Gasteiger partial charge in [-0.15, -0.1) is 0 Å². The molecular weight excluding hydrogens is 210 g/mol. The number of ether oxygens (including phenoxy) is 1. The van der Waals surface area contributed by atoms with Crippen LogP contribution in [0.25, 0.3) is 0 Å². The van der Waals surface area contributed by atoms with Gasteiger partial charge in [-0.1, -0.05) is 32.6 Å². The number of nitrogens with one attached hydrogen (secondary N) is 1. The van der Waals surface area contributed by atoms with E-state index in [9.17, 15) is 0 Å². The summed E-state index contributed by atoms with van der Waals surface area (Å²) in [6.45, 7) is 6.49. The van der Waals surface area contributed by atoms with Crippen molar-refractivity contribution in [1.82, 2.24) is 5.32 Å². The molecule has 2 unspecified atom stereocenters. The Bertz CT molecular complexity index is 223. The topological polar surface area (TPSA) is 21.3 Å². The van der Waals surface area contributed by atoms with E-state index in [1.807, 2.05) is 0 Å². The SMILES string of the molecule is CCCCCNC1CC(OCC)C12CCCC2. The van der Waals surface area contributed by atoms with Crippen molar-refractivity contribution in [2.75, 3.05) is 13.2 Å². The summed E-state index contributed by atoms with van der Waals surface area (Å²) in [6, 6.07) is 0.749. The molecule has 2 saturated carbocycles. The molecule has 2 heteroatoms. The van der Waals surface area contributed by atoms with Crippen LogP contribution in [0.2, 0.25) is 0 Å². The Kier molecular flexibility index (Phi) is 4.87. The molecule has 0 heterocycles. The summed E-state index contributed by atoms with van der Waals surface area (Å²) in [5.41, 5.74) is 0.516. The van der Waals surface area contributed by atoms with Crippen molar-refractivity contribution >= 4 is 0 Å². The van der Waals surface area contributed by atoms with E-state index in [1.165, 1.54) is 57.9 Å². The first-order valence-electron chi connectivity index (χ1n) is 7.68. The van der Waals surface area contributed by atoms with Crippen molar-refractivity contribution in [2.24, 2.45) is 5.41 Å². The summed E-state index contributed by atoms with van der Waals surface area (Å²) in [5.74, 6) is 0. The average molecular weight is 239 g/mol. The van der Waals surface area contributed by atoms with Crippen LogP contribution >= 0.6 is 0 Å². The molecule has 1 spiro atoms. The normalized spacial score (nSPS) is 30.7. The molecule has 0 aromatic carbocycles. The van der Waals surface area contributed by atoms with Crippen LogP contribution in [0.5, 0.6) is 0 Å². The van der Waals surface area contributed by atoms with Crippen molar-refractivity contribution in [3.63, 3.8) is 0 Å². The van der Waals surface area contributed by atoms with Gasteiger partial charge < -0.3 is 10.1 Å². The fourth-order valence-electron chi connectivity index (χ4n) is 3.82. The zero-order valence-corrected chi connectivity index (χ0v) is 11.6. The van der Waals surface area contributed by atoms with E-state index in [1.54, 1.807) is 0 Å². The third kappa shape index (κ3) is 2.68. The van der Waals surface area contributed by atoms with Gasteiger partial charge >= 0.3 is 0 Å². The van der Waals surface area contributed by atoms with Crippen LogP contribution in [0.3, 0.4) is 0 Å². The molecule has 2 rings (SSSR count). The van der Waals surface area contributed by atoms with Crippen LogP contribution in [-0.4, -0.2) is 25.3 Å². The second-order valence-electron chi connectivity index (χ2n) is 5.83. The fraction of sp³-hybridized carbons (Fsp3) is 1.00. The van der Waals surface area contributed by atoms with E-state index in [4.69, 9.17) is 4.74 Å². The Morgan fingerprint density at radius 1 is 1.18 bits per heavy atom. The van der Waals surface area contributed by atoms with Gasteiger partial charge in [-0.3, -0.25) is 0 Å². The molecule has 0 saturated heterocycles. The molecule has 0 radical (unpaired) electrons. The smallest absolute Gasteiger partial charge is 0.0661 e. The van der Waals surface area contributed by atoms with Gasteiger partial charge in [0, 0.05) is 18.1 Å². The minimum atomic E-state index is 0.516. The highest BCUT2D eigenvalue weighted by Gasteiger charge is 2.56. The molecular formula is C15H29NO. The average Bonchev–Trinajstić information content (AvgIpc) is 2.84. The molecule has 2 aliphatic rings. The highest BCUT2D eigenvalue weighted by Crippen LogP contribution is 2.54. The maximum absolute atomic E-state index is 5.93. The summed E-state index contributed by atoms with van der Waals surface area (Å²) in [4.78, 5) is 0. The second kappa shape index (κ2) is 6.19. The van der Waals surface area contributed by atoms with E-state index < -0.39 is 0 Å². The first-order chi connectivity index (χ1) is 8.33. The quantitative estimate of drug-likeness (QED) is 0.687. The Labute approximate surface area is 107 Å². The van der Waals surface area contributed by atoms with E-state index in [-0.39, 0.29) is 0 Å². The van der Waals surface area contributed by atoms with E-state index in [0.29, 0.717) is 11.5 Å². The zero-order chi connectivity index (χ0) is 12.1. The molecule has 2 nitrogen and oxygen atoms in total. The van der Waals surface area contributed by atoms with Crippen LogP contribution in [0.1, 0.15) is 65.2 Å². The summed E-state index contributed by atoms with van der Waals surface area (Å²) in [7, 11) is 0. The number of unbranched alkanes of at least 4 members (excludes halogenated alkanes) is 2. The molecule has 0 aromatic rings. The van der Waals surface area contributed by atoms with Crippen molar-refractivity contribution in [3.05, 3.63) is 0 Å². The maximum atomic E-state index is 5.93. The predicted octanol–water partition coefficient (Wildman–Crippen LogP) is 3.50. The van der Waals surface area contributed by atoms with Gasteiger partial charge in [0.2, 0.25) is 0 Å². The van der Waals surface area contributed by atoms with Gasteiger partial charge in [-0.25, -0.2) is 0 Å².